The number of aryl methyl sites for hydroxylation is 1. The summed E-state index contributed by atoms with van der Waals surface area (Å²) in [5.41, 5.74) is 1.34. The summed E-state index contributed by atoms with van der Waals surface area (Å²) in [6.45, 7) is 6.94. The van der Waals surface area contributed by atoms with E-state index in [9.17, 15) is 9.90 Å². The molecule has 4 heteroatoms. The summed E-state index contributed by atoms with van der Waals surface area (Å²) < 4.78 is 5.60. The lowest BCUT2D eigenvalue weighted by Crippen LogP contribution is -2.48. The normalized spacial score (nSPS) is 24.1. The summed E-state index contributed by atoms with van der Waals surface area (Å²) in [7, 11) is 0. The fraction of sp³-hybridized carbons (Fsp3) is 0.500. The number of carbonyl (C=O) groups is 1. The van der Waals surface area contributed by atoms with E-state index < -0.39 is 0 Å². The van der Waals surface area contributed by atoms with Crippen LogP contribution in [0, 0.1) is 6.92 Å². The Kier molecular flexibility index (Phi) is 3.57. The van der Waals surface area contributed by atoms with Crippen molar-refractivity contribution in [3.63, 3.8) is 0 Å². The van der Waals surface area contributed by atoms with Gasteiger partial charge in [0.25, 0.3) is 5.91 Å². The van der Waals surface area contributed by atoms with E-state index in [1.54, 1.807) is 23.1 Å². The van der Waals surface area contributed by atoms with Crippen molar-refractivity contribution in [2.24, 2.45) is 0 Å². The van der Waals surface area contributed by atoms with Gasteiger partial charge >= 0.3 is 0 Å². The quantitative estimate of drug-likeness (QED) is 0.827. The summed E-state index contributed by atoms with van der Waals surface area (Å²) in [5, 5.41) is 9.79. The molecule has 0 radical (unpaired) electrons. The van der Waals surface area contributed by atoms with Crippen molar-refractivity contribution in [1.29, 1.82) is 0 Å². The minimum atomic E-state index is -0.127. The van der Waals surface area contributed by atoms with Gasteiger partial charge in [-0.15, -0.1) is 0 Å². The molecule has 1 heterocycles. The average Bonchev–Trinajstić information content (AvgIpc) is 2.30. The molecule has 1 aromatic rings. The number of phenols is 1. The van der Waals surface area contributed by atoms with Gasteiger partial charge in [-0.1, -0.05) is 11.6 Å². The van der Waals surface area contributed by atoms with Crippen LogP contribution < -0.4 is 0 Å². The molecule has 2 atom stereocenters. The predicted octanol–water partition coefficient (Wildman–Crippen LogP) is 1.95. The molecular formula is C14H19NO3. The number of amides is 1. The third-order valence-electron chi connectivity index (χ3n) is 3.09. The SMILES string of the molecule is Cc1ccc(O)c(C(=O)N2C[C@@H](C)O[C@@H](C)C2)c1. The topological polar surface area (TPSA) is 49.8 Å². The molecule has 1 aromatic carbocycles. The second-order valence-electron chi connectivity index (χ2n) is 4.99. The number of benzene rings is 1. The highest BCUT2D eigenvalue weighted by atomic mass is 16.5. The van der Waals surface area contributed by atoms with E-state index in [-0.39, 0.29) is 23.9 Å². The van der Waals surface area contributed by atoms with Crippen LogP contribution >= 0.6 is 0 Å². The highest BCUT2D eigenvalue weighted by Crippen LogP contribution is 2.22. The van der Waals surface area contributed by atoms with E-state index in [1.165, 1.54) is 0 Å². The minimum absolute atomic E-state index is 0.0321. The lowest BCUT2D eigenvalue weighted by molar-refractivity contribution is -0.0586. The predicted molar refractivity (Wildman–Crippen MR) is 68.8 cm³/mol. The Labute approximate surface area is 107 Å². The molecule has 4 nitrogen and oxygen atoms in total. The molecule has 0 saturated carbocycles. The Balaban J connectivity index is 2.22. The van der Waals surface area contributed by atoms with Gasteiger partial charge in [0.2, 0.25) is 0 Å². The van der Waals surface area contributed by atoms with Crippen molar-refractivity contribution in [2.75, 3.05) is 13.1 Å². The van der Waals surface area contributed by atoms with Crippen LogP contribution in [0.3, 0.4) is 0 Å². The first kappa shape index (κ1) is 12.9. The molecule has 2 rings (SSSR count). The highest BCUT2D eigenvalue weighted by molar-refractivity contribution is 5.97. The molecule has 1 aliphatic rings. The van der Waals surface area contributed by atoms with Gasteiger partial charge in [0.15, 0.2) is 0 Å². The van der Waals surface area contributed by atoms with Gasteiger partial charge in [-0.25, -0.2) is 0 Å². The Morgan fingerprint density at radius 3 is 2.56 bits per heavy atom. The molecule has 98 valence electrons. The molecule has 0 aromatic heterocycles. The highest BCUT2D eigenvalue weighted by Gasteiger charge is 2.27. The first-order chi connectivity index (χ1) is 8.47. The molecule has 1 fully saturated rings. The molecule has 1 saturated heterocycles. The standard InChI is InChI=1S/C14H19NO3/c1-9-4-5-13(16)12(6-9)14(17)15-7-10(2)18-11(3)8-15/h4-6,10-11,16H,7-8H2,1-3H3/t10-,11+. The molecule has 0 bridgehead atoms. The van der Waals surface area contributed by atoms with E-state index >= 15 is 0 Å². The van der Waals surface area contributed by atoms with Crippen LogP contribution in [0.1, 0.15) is 29.8 Å². The number of nitrogens with zero attached hydrogens (tertiary/aromatic N) is 1. The van der Waals surface area contributed by atoms with Crippen molar-refractivity contribution in [3.8, 4) is 5.75 Å². The van der Waals surface area contributed by atoms with Crippen LogP contribution in [-0.2, 0) is 4.74 Å². The number of carbonyl (C=O) groups excluding carboxylic acids is 1. The van der Waals surface area contributed by atoms with Crippen LogP contribution in [0.15, 0.2) is 18.2 Å². The number of ether oxygens (including phenoxy) is 1. The van der Waals surface area contributed by atoms with Crippen molar-refractivity contribution in [1.82, 2.24) is 4.90 Å². The van der Waals surface area contributed by atoms with Crippen LogP contribution in [0.2, 0.25) is 0 Å². The average molecular weight is 249 g/mol. The second kappa shape index (κ2) is 4.98. The van der Waals surface area contributed by atoms with Crippen LogP contribution in [0.5, 0.6) is 5.75 Å². The Hall–Kier alpha value is -1.55. The molecule has 1 N–H and O–H groups in total. The van der Waals surface area contributed by atoms with Crippen molar-refractivity contribution in [2.45, 2.75) is 33.0 Å². The van der Waals surface area contributed by atoms with Gasteiger partial charge < -0.3 is 14.7 Å². The maximum atomic E-state index is 12.4. The second-order valence-corrected chi connectivity index (χ2v) is 4.99. The third-order valence-corrected chi connectivity index (χ3v) is 3.09. The van der Waals surface area contributed by atoms with Gasteiger partial charge in [-0.3, -0.25) is 4.79 Å². The number of aromatic hydroxyl groups is 1. The zero-order chi connectivity index (χ0) is 13.3. The molecule has 0 aliphatic carbocycles. The lowest BCUT2D eigenvalue weighted by atomic mass is 10.1. The van der Waals surface area contributed by atoms with Gasteiger partial charge in [-0.2, -0.15) is 0 Å². The maximum Gasteiger partial charge on any atom is 0.257 e. The van der Waals surface area contributed by atoms with E-state index in [1.807, 2.05) is 20.8 Å². The summed E-state index contributed by atoms with van der Waals surface area (Å²) >= 11 is 0. The number of hydrogen-bond donors (Lipinski definition) is 1. The first-order valence-corrected chi connectivity index (χ1v) is 6.21. The van der Waals surface area contributed by atoms with Gasteiger partial charge in [-0.05, 0) is 32.9 Å². The summed E-state index contributed by atoms with van der Waals surface area (Å²) in [5.74, 6) is -0.0874. The third kappa shape index (κ3) is 2.64. The maximum absolute atomic E-state index is 12.4. The Bertz CT molecular complexity index is 448. The molecule has 0 spiro atoms. The van der Waals surface area contributed by atoms with Crippen LogP contribution in [0.4, 0.5) is 0 Å². The van der Waals surface area contributed by atoms with Crippen molar-refractivity contribution in [3.05, 3.63) is 29.3 Å². The minimum Gasteiger partial charge on any atom is -0.507 e. The molecular weight excluding hydrogens is 230 g/mol. The van der Waals surface area contributed by atoms with Gasteiger partial charge in [0, 0.05) is 13.1 Å². The summed E-state index contributed by atoms with van der Waals surface area (Å²) in [6, 6.07) is 5.08. The monoisotopic (exact) mass is 249 g/mol. The van der Waals surface area contributed by atoms with E-state index in [2.05, 4.69) is 0 Å². The molecule has 18 heavy (non-hydrogen) atoms. The van der Waals surface area contributed by atoms with E-state index in [4.69, 9.17) is 4.74 Å². The zero-order valence-electron chi connectivity index (χ0n) is 11.0. The number of hydrogen-bond acceptors (Lipinski definition) is 3. The van der Waals surface area contributed by atoms with Gasteiger partial charge in [0.05, 0.1) is 17.8 Å². The van der Waals surface area contributed by atoms with Crippen molar-refractivity contribution < 1.29 is 14.6 Å². The Morgan fingerprint density at radius 2 is 1.94 bits per heavy atom. The number of morpholine rings is 1. The molecule has 1 aliphatic heterocycles. The summed E-state index contributed by atoms with van der Waals surface area (Å²) in [4.78, 5) is 14.1. The van der Waals surface area contributed by atoms with Crippen LogP contribution in [-0.4, -0.2) is 41.2 Å². The molecule has 1 amide bonds. The smallest absolute Gasteiger partial charge is 0.257 e. The van der Waals surface area contributed by atoms with Crippen molar-refractivity contribution >= 4 is 5.91 Å². The number of phenolic OH excluding ortho intramolecular Hbond substituents is 1. The fourth-order valence-electron chi connectivity index (χ4n) is 2.34. The lowest BCUT2D eigenvalue weighted by Gasteiger charge is -2.35. The largest absolute Gasteiger partial charge is 0.507 e. The van der Waals surface area contributed by atoms with Crippen LogP contribution in [0.25, 0.3) is 0 Å². The fourth-order valence-corrected chi connectivity index (χ4v) is 2.34. The van der Waals surface area contributed by atoms with Gasteiger partial charge in [0.1, 0.15) is 5.75 Å². The summed E-state index contributed by atoms with van der Waals surface area (Å²) in [6.07, 6.45) is 0.0642. The van der Waals surface area contributed by atoms with E-state index in [0.717, 1.165) is 5.56 Å². The molecule has 0 unspecified atom stereocenters. The van der Waals surface area contributed by atoms with E-state index in [0.29, 0.717) is 18.7 Å². The zero-order valence-corrected chi connectivity index (χ0v) is 11.0. The first-order valence-electron chi connectivity index (χ1n) is 6.21. The Morgan fingerprint density at radius 1 is 1.33 bits per heavy atom. The number of rotatable bonds is 1.